The van der Waals surface area contributed by atoms with Gasteiger partial charge >= 0.3 is 0 Å². The van der Waals surface area contributed by atoms with Gasteiger partial charge in [-0.2, -0.15) is 0 Å². The molecule has 0 saturated carbocycles. The van der Waals surface area contributed by atoms with Crippen molar-refractivity contribution in [1.82, 2.24) is 4.57 Å². The highest BCUT2D eigenvalue weighted by Gasteiger charge is 2.08. The molecular formula is C18H14ClN. The van der Waals surface area contributed by atoms with E-state index in [4.69, 9.17) is 11.6 Å². The number of nitrogens with zero attached hydrogens (tertiary/aromatic N) is 1. The summed E-state index contributed by atoms with van der Waals surface area (Å²) in [5.41, 5.74) is 4.31. The van der Waals surface area contributed by atoms with E-state index >= 15 is 0 Å². The van der Waals surface area contributed by atoms with Gasteiger partial charge in [-0.1, -0.05) is 48.5 Å². The molecule has 2 aromatic carbocycles. The Morgan fingerprint density at radius 3 is 2.20 bits per heavy atom. The molecule has 0 amide bonds. The lowest BCUT2D eigenvalue weighted by molar-refractivity contribution is 1.07. The second kappa shape index (κ2) is 5.40. The van der Waals surface area contributed by atoms with E-state index in [1.807, 2.05) is 60.9 Å². The van der Waals surface area contributed by atoms with Crippen LogP contribution in [0.15, 0.2) is 79.6 Å². The normalized spacial score (nSPS) is 10.4. The molecule has 3 aromatic rings. The van der Waals surface area contributed by atoms with E-state index in [-0.39, 0.29) is 0 Å². The lowest BCUT2D eigenvalue weighted by Gasteiger charge is -2.13. The van der Waals surface area contributed by atoms with Crippen molar-refractivity contribution in [3.05, 3.63) is 95.8 Å². The number of halogens is 1. The number of aromatic nitrogens is 1. The molecule has 1 heterocycles. The highest BCUT2D eigenvalue weighted by atomic mass is 35.5. The van der Waals surface area contributed by atoms with Crippen LogP contribution in [0.1, 0.15) is 11.1 Å². The zero-order valence-electron chi connectivity index (χ0n) is 11.0. The quantitative estimate of drug-likeness (QED) is 0.621. The maximum absolute atomic E-state index is 5.94. The number of para-hydroxylation sites is 1. The van der Waals surface area contributed by atoms with E-state index in [0.29, 0.717) is 0 Å². The summed E-state index contributed by atoms with van der Waals surface area (Å²) in [5.74, 6) is 0. The van der Waals surface area contributed by atoms with Crippen LogP contribution in [0.3, 0.4) is 0 Å². The summed E-state index contributed by atoms with van der Waals surface area (Å²) in [7, 11) is 0. The first-order valence-corrected chi connectivity index (χ1v) is 6.81. The van der Waals surface area contributed by atoms with Gasteiger partial charge in [-0.25, -0.2) is 0 Å². The van der Waals surface area contributed by atoms with E-state index in [1.54, 1.807) is 0 Å². The summed E-state index contributed by atoms with van der Waals surface area (Å²) >= 11 is 5.94. The van der Waals surface area contributed by atoms with Crippen LogP contribution < -0.4 is 0 Å². The summed E-state index contributed by atoms with van der Waals surface area (Å²) in [6.45, 7) is 4.24. The minimum Gasteiger partial charge on any atom is -0.323 e. The molecule has 0 atom stereocenters. The monoisotopic (exact) mass is 279 g/mol. The molecule has 1 aromatic heterocycles. The Morgan fingerprint density at radius 1 is 0.850 bits per heavy atom. The Morgan fingerprint density at radius 2 is 1.50 bits per heavy atom. The molecule has 98 valence electrons. The van der Waals surface area contributed by atoms with Gasteiger partial charge in [0.2, 0.25) is 0 Å². The standard InChI is InChI=1S/C18H14ClN/c1-14(15-8-10-16(19)11-9-15)17-6-2-3-7-18(17)20-12-4-5-13-20/h2-13H,1H2. The van der Waals surface area contributed by atoms with Crippen molar-refractivity contribution in [1.29, 1.82) is 0 Å². The molecule has 20 heavy (non-hydrogen) atoms. The van der Waals surface area contributed by atoms with Gasteiger partial charge in [0.25, 0.3) is 0 Å². The van der Waals surface area contributed by atoms with E-state index in [2.05, 4.69) is 23.3 Å². The molecule has 0 fully saturated rings. The Labute approximate surface area is 123 Å². The molecule has 0 aliphatic carbocycles. The minimum absolute atomic E-state index is 0.736. The molecule has 0 unspecified atom stereocenters. The average Bonchev–Trinajstić information content (AvgIpc) is 3.01. The van der Waals surface area contributed by atoms with Crippen LogP contribution in [-0.4, -0.2) is 4.57 Å². The van der Waals surface area contributed by atoms with Crippen molar-refractivity contribution in [2.24, 2.45) is 0 Å². The summed E-state index contributed by atoms with van der Waals surface area (Å²) < 4.78 is 2.09. The van der Waals surface area contributed by atoms with Gasteiger partial charge in [0, 0.05) is 23.0 Å². The van der Waals surface area contributed by atoms with Crippen molar-refractivity contribution in [3.63, 3.8) is 0 Å². The van der Waals surface area contributed by atoms with Gasteiger partial charge in [-0.05, 0) is 41.5 Å². The third-order valence-corrected chi connectivity index (χ3v) is 3.56. The molecule has 2 heteroatoms. The Kier molecular flexibility index (Phi) is 3.44. The fraction of sp³-hybridized carbons (Fsp3) is 0. The predicted molar refractivity (Wildman–Crippen MR) is 85.4 cm³/mol. The van der Waals surface area contributed by atoms with Crippen molar-refractivity contribution in [2.45, 2.75) is 0 Å². The summed E-state index contributed by atoms with van der Waals surface area (Å²) in [6, 6.07) is 20.1. The summed E-state index contributed by atoms with van der Waals surface area (Å²) in [4.78, 5) is 0. The van der Waals surface area contributed by atoms with E-state index in [0.717, 1.165) is 27.4 Å². The summed E-state index contributed by atoms with van der Waals surface area (Å²) in [6.07, 6.45) is 4.07. The Balaban J connectivity index is 2.06. The lowest BCUT2D eigenvalue weighted by Crippen LogP contribution is -1.97. The van der Waals surface area contributed by atoms with Gasteiger partial charge in [-0.15, -0.1) is 0 Å². The van der Waals surface area contributed by atoms with Crippen LogP contribution in [0, 0.1) is 0 Å². The summed E-state index contributed by atoms with van der Waals surface area (Å²) in [5, 5.41) is 0.736. The minimum atomic E-state index is 0.736. The first-order valence-electron chi connectivity index (χ1n) is 6.43. The molecule has 0 radical (unpaired) electrons. The number of hydrogen-bond acceptors (Lipinski definition) is 0. The Hall–Kier alpha value is -2.25. The molecule has 0 aliphatic heterocycles. The molecule has 0 spiro atoms. The fourth-order valence-corrected chi connectivity index (χ4v) is 2.38. The highest BCUT2D eigenvalue weighted by molar-refractivity contribution is 6.30. The highest BCUT2D eigenvalue weighted by Crippen LogP contribution is 2.27. The van der Waals surface area contributed by atoms with Crippen molar-refractivity contribution in [2.75, 3.05) is 0 Å². The molecule has 0 aliphatic rings. The molecule has 0 bridgehead atoms. The van der Waals surface area contributed by atoms with Crippen LogP contribution in [-0.2, 0) is 0 Å². The smallest absolute Gasteiger partial charge is 0.0527 e. The first-order chi connectivity index (χ1) is 9.75. The third-order valence-electron chi connectivity index (χ3n) is 3.30. The van der Waals surface area contributed by atoms with E-state index in [1.165, 1.54) is 0 Å². The zero-order chi connectivity index (χ0) is 13.9. The predicted octanol–water partition coefficient (Wildman–Crippen LogP) is 5.19. The third kappa shape index (κ3) is 2.40. The largest absolute Gasteiger partial charge is 0.323 e. The van der Waals surface area contributed by atoms with Crippen LogP contribution in [0.5, 0.6) is 0 Å². The molecule has 0 N–H and O–H groups in total. The van der Waals surface area contributed by atoms with Crippen LogP contribution >= 0.6 is 11.6 Å². The van der Waals surface area contributed by atoms with Gasteiger partial charge < -0.3 is 4.57 Å². The van der Waals surface area contributed by atoms with Gasteiger partial charge in [0.05, 0.1) is 5.69 Å². The van der Waals surface area contributed by atoms with Crippen LogP contribution in [0.25, 0.3) is 11.3 Å². The van der Waals surface area contributed by atoms with Gasteiger partial charge in [0.15, 0.2) is 0 Å². The second-order valence-electron chi connectivity index (χ2n) is 4.59. The molecule has 1 nitrogen and oxygen atoms in total. The van der Waals surface area contributed by atoms with Gasteiger partial charge in [0.1, 0.15) is 0 Å². The van der Waals surface area contributed by atoms with Crippen LogP contribution in [0.2, 0.25) is 5.02 Å². The van der Waals surface area contributed by atoms with Crippen molar-refractivity contribution >= 4 is 17.2 Å². The fourth-order valence-electron chi connectivity index (χ4n) is 2.26. The molecule has 3 rings (SSSR count). The topological polar surface area (TPSA) is 4.93 Å². The van der Waals surface area contributed by atoms with E-state index in [9.17, 15) is 0 Å². The van der Waals surface area contributed by atoms with E-state index < -0.39 is 0 Å². The number of hydrogen-bond donors (Lipinski definition) is 0. The van der Waals surface area contributed by atoms with Crippen molar-refractivity contribution in [3.8, 4) is 5.69 Å². The maximum Gasteiger partial charge on any atom is 0.0527 e. The average molecular weight is 280 g/mol. The number of benzene rings is 2. The van der Waals surface area contributed by atoms with Gasteiger partial charge in [-0.3, -0.25) is 0 Å². The SMILES string of the molecule is C=C(c1ccc(Cl)cc1)c1ccccc1-n1cccc1. The number of rotatable bonds is 3. The van der Waals surface area contributed by atoms with Crippen LogP contribution in [0.4, 0.5) is 0 Å². The van der Waals surface area contributed by atoms with Crippen molar-refractivity contribution < 1.29 is 0 Å². The molecule has 0 saturated heterocycles. The second-order valence-corrected chi connectivity index (χ2v) is 5.03. The zero-order valence-corrected chi connectivity index (χ0v) is 11.7. The molecular weight excluding hydrogens is 266 g/mol. The first kappa shape index (κ1) is 12.8. The lowest BCUT2D eigenvalue weighted by atomic mass is 9.98. The Bertz CT molecular complexity index is 724. The maximum atomic E-state index is 5.94.